The molecule has 1 heterocycles. The van der Waals surface area contributed by atoms with Crippen LogP contribution >= 0.6 is 11.3 Å². The maximum atomic E-state index is 12.4. The Kier molecular flexibility index (Phi) is 6.61. The summed E-state index contributed by atoms with van der Waals surface area (Å²) >= 11 is 1.41. The van der Waals surface area contributed by atoms with E-state index < -0.39 is 25.1 Å². The van der Waals surface area contributed by atoms with Crippen LogP contribution in [0.2, 0.25) is 0 Å². The maximum Gasteiger partial charge on any atom is 0.387 e. The lowest BCUT2D eigenvalue weighted by atomic mass is 9.87. The summed E-state index contributed by atoms with van der Waals surface area (Å²) in [6, 6.07) is 7.67. The highest BCUT2D eigenvalue weighted by molar-refractivity contribution is 7.14. The summed E-state index contributed by atoms with van der Waals surface area (Å²) in [6.07, 6.45) is 4.18. The lowest BCUT2D eigenvalue weighted by Crippen LogP contribution is -2.21. The van der Waals surface area contributed by atoms with Gasteiger partial charge in [-0.15, -0.1) is 11.3 Å². The molecule has 2 aromatic rings. The number of thiophene rings is 1. The van der Waals surface area contributed by atoms with Gasteiger partial charge in [-0.1, -0.05) is 25.5 Å². The van der Waals surface area contributed by atoms with Crippen molar-refractivity contribution in [3.63, 3.8) is 0 Å². The molecule has 0 bridgehead atoms. The smallest absolute Gasteiger partial charge is 0.387 e. The summed E-state index contributed by atoms with van der Waals surface area (Å²) < 4.78 is 34.3. The highest BCUT2D eigenvalue weighted by atomic mass is 32.1. The van der Waals surface area contributed by atoms with Gasteiger partial charge in [0.05, 0.1) is 5.69 Å². The fourth-order valence-corrected chi connectivity index (χ4v) is 4.31. The number of aryl methyl sites for hydroxylation is 1. The Morgan fingerprint density at radius 1 is 1.32 bits per heavy atom. The maximum absolute atomic E-state index is 12.4. The zero-order valence-electron chi connectivity index (χ0n) is 15.4. The van der Waals surface area contributed by atoms with Crippen molar-refractivity contribution >= 4 is 28.9 Å². The molecule has 1 aromatic carbocycles. The number of alkyl halides is 2. The minimum absolute atomic E-state index is 0.0843. The van der Waals surface area contributed by atoms with E-state index in [-0.39, 0.29) is 11.4 Å². The summed E-state index contributed by atoms with van der Waals surface area (Å²) in [4.78, 5) is 26.0. The minimum atomic E-state index is -3.01. The topological polar surface area (TPSA) is 64.6 Å². The number of carbonyl (C=O) groups is 2. The number of carbonyl (C=O) groups excluding carboxylic acids is 2. The average molecular weight is 409 g/mol. The molecule has 0 spiro atoms. The SMILES string of the molecule is CC[C@@H]1CCc2sc(C(=O)OCC(=O)Nc3ccccc3OC(F)F)cc2C1. The molecule has 28 heavy (non-hydrogen) atoms. The van der Waals surface area contributed by atoms with E-state index in [0.717, 1.165) is 25.7 Å². The van der Waals surface area contributed by atoms with Crippen molar-refractivity contribution in [3.05, 3.63) is 45.6 Å². The van der Waals surface area contributed by atoms with Gasteiger partial charge < -0.3 is 14.8 Å². The normalized spacial score (nSPS) is 15.8. The predicted molar refractivity (Wildman–Crippen MR) is 102 cm³/mol. The van der Waals surface area contributed by atoms with Gasteiger partial charge in [0.15, 0.2) is 6.61 Å². The second-order valence-corrected chi connectivity index (χ2v) is 7.71. The van der Waals surface area contributed by atoms with Crippen LogP contribution in [-0.2, 0) is 22.4 Å². The van der Waals surface area contributed by atoms with Crippen LogP contribution < -0.4 is 10.1 Å². The lowest BCUT2D eigenvalue weighted by molar-refractivity contribution is -0.119. The molecule has 1 aliphatic carbocycles. The molecule has 0 fully saturated rings. The van der Waals surface area contributed by atoms with Gasteiger partial charge in [0.1, 0.15) is 10.6 Å². The molecule has 1 atom stereocenters. The van der Waals surface area contributed by atoms with E-state index in [1.807, 2.05) is 6.07 Å². The highest BCUT2D eigenvalue weighted by Crippen LogP contribution is 2.33. The van der Waals surface area contributed by atoms with Crippen molar-refractivity contribution in [3.8, 4) is 5.75 Å². The first kappa shape index (κ1) is 20.3. The molecule has 3 rings (SSSR count). The van der Waals surface area contributed by atoms with Gasteiger partial charge in [0.2, 0.25) is 0 Å². The number of nitrogens with one attached hydrogen (secondary N) is 1. The van der Waals surface area contributed by atoms with Gasteiger partial charge in [-0.3, -0.25) is 4.79 Å². The quantitative estimate of drug-likeness (QED) is 0.676. The third kappa shape index (κ3) is 5.07. The number of ether oxygens (including phenoxy) is 2. The monoisotopic (exact) mass is 409 g/mol. The number of hydrogen-bond donors (Lipinski definition) is 1. The molecule has 0 saturated heterocycles. The Morgan fingerprint density at radius 3 is 2.86 bits per heavy atom. The van der Waals surface area contributed by atoms with Crippen LogP contribution in [0.25, 0.3) is 0 Å². The van der Waals surface area contributed by atoms with Gasteiger partial charge in [-0.2, -0.15) is 8.78 Å². The first-order valence-electron chi connectivity index (χ1n) is 9.08. The zero-order chi connectivity index (χ0) is 20.1. The molecule has 1 N–H and O–H groups in total. The first-order valence-corrected chi connectivity index (χ1v) is 9.90. The molecule has 150 valence electrons. The molecule has 0 aliphatic heterocycles. The summed E-state index contributed by atoms with van der Waals surface area (Å²) in [5.41, 5.74) is 1.28. The van der Waals surface area contributed by atoms with Gasteiger partial charge in [0.25, 0.3) is 5.91 Å². The molecule has 5 nitrogen and oxygen atoms in total. The molecular formula is C20H21F2NO4S. The van der Waals surface area contributed by atoms with E-state index in [0.29, 0.717) is 10.8 Å². The molecule has 0 saturated carbocycles. The number of esters is 1. The van der Waals surface area contributed by atoms with Crippen LogP contribution in [0.3, 0.4) is 0 Å². The van der Waals surface area contributed by atoms with Crippen LogP contribution in [-0.4, -0.2) is 25.1 Å². The van der Waals surface area contributed by atoms with Gasteiger partial charge in [-0.05, 0) is 48.9 Å². The van der Waals surface area contributed by atoms with E-state index in [1.165, 1.54) is 40.0 Å². The molecule has 0 radical (unpaired) electrons. The van der Waals surface area contributed by atoms with Crippen LogP contribution in [0.5, 0.6) is 5.75 Å². The number of rotatable bonds is 7. The summed E-state index contributed by atoms with van der Waals surface area (Å²) in [6.45, 7) is -1.35. The van der Waals surface area contributed by atoms with Crippen molar-refractivity contribution in [2.45, 2.75) is 39.2 Å². The van der Waals surface area contributed by atoms with Gasteiger partial charge in [-0.25, -0.2) is 4.79 Å². The highest BCUT2D eigenvalue weighted by Gasteiger charge is 2.23. The molecule has 8 heteroatoms. The van der Waals surface area contributed by atoms with Crippen LogP contribution in [0, 0.1) is 5.92 Å². The van der Waals surface area contributed by atoms with Crippen molar-refractivity contribution in [2.75, 3.05) is 11.9 Å². The van der Waals surface area contributed by atoms with Crippen LogP contribution in [0.1, 0.15) is 39.9 Å². The fourth-order valence-electron chi connectivity index (χ4n) is 3.21. The van der Waals surface area contributed by atoms with Crippen molar-refractivity contribution < 1.29 is 27.8 Å². The molecule has 0 unspecified atom stereocenters. The number of amides is 1. The lowest BCUT2D eigenvalue weighted by Gasteiger charge is -2.19. The Hall–Kier alpha value is -2.48. The Bertz CT molecular complexity index is 852. The third-order valence-corrected chi connectivity index (χ3v) is 5.89. The fraction of sp³-hybridized carbons (Fsp3) is 0.400. The second kappa shape index (κ2) is 9.14. The standard InChI is InChI=1S/C20H21F2NO4S/c1-2-12-7-8-16-13(9-12)10-17(28-16)19(25)26-11-18(24)23-14-5-3-4-6-15(14)27-20(21)22/h3-6,10,12,20H,2,7-9,11H2,1H3,(H,23,24)/t12-/m1/s1. The minimum Gasteiger partial charge on any atom is -0.451 e. The zero-order valence-corrected chi connectivity index (χ0v) is 16.2. The van der Waals surface area contributed by atoms with Crippen molar-refractivity contribution in [1.29, 1.82) is 0 Å². The van der Waals surface area contributed by atoms with E-state index in [2.05, 4.69) is 17.0 Å². The van der Waals surface area contributed by atoms with E-state index in [9.17, 15) is 18.4 Å². The molecular weight excluding hydrogens is 388 g/mol. The summed E-state index contributed by atoms with van der Waals surface area (Å²) in [7, 11) is 0. The van der Waals surface area contributed by atoms with E-state index in [4.69, 9.17) is 4.74 Å². The van der Waals surface area contributed by atoms with E-state index >= 15 is 0 Å². The van der Waals surface area contributed by atoms with Crippen LogP contribution in [0.15, 0.2) is 30.3 Å². The molecule has 1 aliphatic rings. The van der Waals surface area contributed by atoms with Crippen molar-refractivity contribution in [1.82, 2.24) is 0 Å². The molecule has 1 amide bonds. The Balaban J connectivity index is 1.55. The van der Waals surface area contributed by atoms with Crippen LogP contribution in [0.4, 0.5) is 14.5 Å². The van der Waals surface area contributed by atoms with Crippen molar-refractivity contribution in [2.24, 2.45) is 5.92 Å². The summed E-state index contributed by atoms with van der Waals surface area (Å²) in [5.74, 6) is -0.702. The Labute approximate surface area is 165 Å². The van der Waals surface area contributed by atoms with Gasteiger partial charge in [0, 0.05) is 4.88 Å². The first-order chi connectivity index (χ1) is 13.5. The second-order valence-electron chi connectivity index (χ2n) is 6.58. The molecule has 1 aromatic heterocycles. The summed E-state index contributed by atoms with van der Waals surface area (Å²) in [5, 5.41) is 2.41. The number of fused-ring (bicyclic) bond motifs is 1. The number of benzene rings is 1. The third-order valence-electron chi connectivity index (χ3n) is 4.67. The number of halogens is 2. The average Bonchev–Trinajstić information content (AvgIpc) is 3.10. The number of hydrogen-bond acceptors (Lipinski definition) is 5. The van der Waals surface area contributed by atoms with Gasteiger partial charge >= 0.3 is 12.6 Å². The number of anilines is 1. The number of para-hydroxylation sites is 2. The van der Waals surface area contributed by atoms with E-state index in [1.54, 1.807) is 6.07 Å². The predicted octanol–water partition coefficient (Wildman–Crippen LogP) is 4.66. The largest absolute Gasteiger partial charge is 0.451 e. The Morgan fingerprint density at radius 2 is 2.11 bits per heavy atom.